The van der Waals surface area contributed by atoms with Crippen molar-refractivity contribution in [1.29, 1.82) is 0 Å². The normalized spacial score (nSPS) is 14.7. The van der Waals surface area contributed by atoms with E-state index in [1.165, 1.54) is 46.9 Å². The maximum absolute atomic E-state index is 10.4. The topological polar surface area (TPSA) is 69.2 Å². The molecule has 0 aromatic heterocycles. The van der Waals surface area contributed by atoms with Crippen LogP contribution >= 0.6 is 7.26 Å². The summed E-state index contributed by atoms with van der Waals surface area (Å²) in [5.74, 6) is -1.40. The van der Waals surface area contributed by atoms with E-state index >= 15 is 0 Å². The van der Waals surface area contributed by atoms with E-state index in [0.29, 0.717) is 12.8 Å². The van der Waals surface area contributed by atoms with Crippen molar-refractivity contribution in [3.05, 3.63) is 144 Å². The van der Waals surface area contributed by atoms with Crippen LogP contribution in [0, 0.1) is 0 Å². The van der Waals surface area contributed by atoms with Gasteiger partial charge in [-0.1, -0.05) is 121 Å². The molecule has 0 saturated carbocycles. The smallest absolute Gasteiger partial charge is 0.220 e. The van der Waals surface area contributed by atoms with E-state index in [1.54, 1.807) is 0 Å². The van der Waals surface area contributed by atoms with Gasteiger partial charge < -0.3 is 15.2 Å². The molecule has 0 spiro atoms. The number of amides is 1. The molecule has 5 heteroatoms. The highest BCUT2D eigenvalue weighted by Gasteiger charge is 2.38. The van der Waals surface area contributed by atoms with Crippen LogP contribution in [0.4, 0.5) is 0 Å². The third-order valence-electron chi connectivity index (χ3n) is 6.72. The summed E-state index contributed by atoms with van der Waals surface area (Å²) in [6.45, 7) is 0. The van der Waals surface area contributed by atoms with Gasteiger partial charge >= 0.3 is 0 Å². The van der Waals surface area contributed by atoms with E-state index in [4.69, 9.17) is 0 Å². The molecule has 0 aliphatic carbocycles. The van der Waals surface area contributed by atoms with Gasteiger partial charge in [-0.2, -0.15) is 0 Å². The van der Waals surface area contributed by atoms with Crippen LogP contribution < -0.4 is 10.4 Å². The zero-order valence-corrected chi connectivity index (χ0v) is 22.4. The predicted molar refractivity (Wildman–Crippen MR) is 154 cm³/mol. The molecule has 1 atom stereocenters. The van der Waals surface area contributed by atoms with Gasteiger partial charge in [0.05, 0.1) is 36.7 Å². The van der Waals surface area contributed by atoms with Gasteiger partial charge in [-0.05, 0) is 28.7 Å². The number of benzene rings is 4. The highest BCUT2D eigenvalue weighted by molar-refractivity contribution is 7.72. The van der Waals surface area contributed by atoms with Crippen molar-refractivity contribution >= 4 is 19.1 Å². The molecule has 0 radical (unpaired) electrons. The van der Waals surface area contributed by atoms with Crippen LogP contribution in [0.15, 0.2) is 121 Å². The Balaban J connectivity index is 0.000000317. The van der Waals surface area contributed by atoms with Crippen molar-refractivity contribution < 1.29 is 14.7 Å². The summed E-state index contributed by atoms with van der Waals surface area (Å²) in [5.41, 5.74) is 5.85. The fourth-order valence-electron chi connectivity index (χ4n) is 5.01. The Hall–Kier alpha value is -3.75. The van der Waals surface area contributed by atoms with Crippen LogP contribution in [0.1, 0.15) is 35.1 Å². The molecule has 1 amide bonds. The van der Waals surface area contributed by atoms with Crippen molar-refractivity contribution in [2.75, 3.05) is 0 Å². The van der Waals surface area contributed by atoms with Gasteiger partial charge in [-0.15, -0.1) is 0 Å². The van der Waals surface area contributed by atoms with E-state index in [1.807, 2.05) is 0 Å². The molecule has 1 aliphatic heterocycles. The number of carbonyl (C=O) groups excluding carboxylic acids is 2. The molecule has 4 aromatic rings. The number of hydrogen-bond donors (Lipinski definition) is 1. The Labute approximate surface area is 226 Å². The molecule has 1 aliphatic rings. The van der Waals surface area contributed by atoms with E-state index in [2.05, 4.69) is 127 Å². The van der Waals surface area contributed by atoms with E-state index < -0.39 is 19.3 Å². The molecule has 38 heavy (non-hydrogen) atoms. The van der Waals surface area contributed by atoms with Crippen LogP contribution in [-0.4, -0.2) is 17.9 Å². The lowest BCUT2D eigenvalue weighted by atomic mass is 10.2. The van der Waals surface area contributed by atoms with Crippen LogP contribution in [0.3, 0.4) is 0 Å². The minimum Gasteiger partial charge on any atom is -0.548 e. The monoisotopic (exact) mass is 523 g/mol. The number of carbonyl (C=O) groups is 2. The molecule has 0 unspecified atom stereocenters. The summed E-state index contributed by atoms with van der Waals surface area (Å²) in [7, 11) is -1.38. The second kappa shape index (κ2) is 13.7. The predicted octanol–water partition coefficient (Wildman–Crippen LogP) is 5.82. The number of nitrogens with one attached hydrogen (secondary N) is 1. The summed E-state index contributed by atoms with van der Waals surface area (Å²) in [6, 6.07) is 43.6. The number of hydrogen-bond acceptors (Lipinski definition) is 3. The summed E-state index contributed by atoms with van der Waals surface area (Å²) in [4.78, 5) is 20.4. The molecule has 5 rings (SSSR count). The van der Waals surface area contributed by atoms with Crippen molar-refractivity contribution in [1.82, 2.24) is 5.32 Å². The second-order valence-corrected chi connectivity index (χ2v) is 13.8. The molecular formula is C33H34NO3P. The third-order valence-corrected chi connectivity index (χ3v) is 10.9. The Morgan fingerprint density at radius 3 is 1.16 bits per heavy atom. The molecular weight excluding hydrogens is 489 g/mol. The largest absolute Gasteiger partial charge is 0.548 e. The lowest BCUT2D eigenvalue weighted by Gasteiger charge is -2.29. The van der Waals surface area contributed by atoms with Crippen molar-refractivity contribution in [3.63, 3.8) is 0 Å². The Bertz CT molecular complexity index is 1110. The average molecular weight is 524 g/mol. The Morgan fingerprint density at radius 1 is 0.632 bits per heavy atom. The SMILES string of the molecule is O=C1CC[C@@H](C(=O)[O-])N1.c1ccc(C[P+](Cc2ccccc2)(Cc2ccccc2)Cc2ccccc2)cc1. The van der Waals surface area contributed by atoms with E-state index in [-0.39, 0.29) is 5.91 Å². The number of carboxylic acid groups (broad SMARTS) is 1. The molecule has 1 N–H and O–H groups in total. The molecule has 1 fully saturated rings. The first kappa shape index (κ1) is 27.3. The lowest BCUT2D eigenvalue weighted by Crippen LogP contribution is -2.42. The maximum Gasteiger partial charge on any atom is 0.220 e. The molecule has 1 heterocycles. The van der Waals surface area contributed by atoms with Gasteiger partial charge in [0.2, 0.25) is 5.91 Å². The van der Waals surface area contributed by atoms with Gasteiger partial charge in [0.25, 0.3) is 0 Å². The first-order valence-electron chi connectivity index (χ1n) is 13.0. The highest BCUT2D eigenvalue weighted by Crippen LogP contribution is 2.68. The summed E-state index contributed by atoms with van der Waals surface area (Å²) in [5, 5.41) is 12.3. The standard InChI is InChI=1S/C28H28P.C5H7NO3/c1-5-13-25(14-6-1)21-29(22-26-15-7-2-8-16-26,23-27-17-9-3-10-18-27)24-28-19-11-4-12-20-28;7-4-2-1-3(6-4)5(8)9/h1-20H,21-24H2;3H,1-2H2,(H,6,7)(H,8,9)/q+1;/p-1/t;3-/m.0/s1. The zero-order valence-electron chi connectivity index (χ0n) is 21.5. The first-order valence-corrected chi connectivity index (χ1v) is 15.6. The fraction of sp³-hybridized carbons (Fsp3) is 0.212. The number of rotatable bonds is 9. The molecule has 194 valence electrons. The first-order chi connectivity index (χ1) is 18.5. The van der Waals surface area contributed by atoms with Crippen molar-refractivity contribution in [2.24, 2.45) is 0 Å². The number of carboxylic acids is 1. The number of aliphatic carboxylic acids is 1. The average Bonchev–Trinajstić information content (AvgIpc) is 3.38. The third kappa shape index (κ3) is 8.39. The lowest BCUT2D eigenvalue weighted by molar-refractivity contribution is -0.308. The van der Waals surface area contributed by atoms with Crippen molar-refractivity contribution in [2.45, 2.75) is 43.5 Å². The van der Waals surface area contributed by atoms with Gasteiger partial charge in [-0.25, -0.2) is 0 Å². The van der Waals surface area contributed by atoms with E-state index in [9.17, 15) is 14.7 Å². The molecule has 1 saturated heterocycles. The maximum atomic E-state index is 10.4. The summed E-state index contributed by atoms with van der Waals surface area (Å²) in [6.07, 6.45) is 5.36. The summed E-state index contributed by atoms with van der Waals surface area (Å²) >= 11 is 0. The Kier molecular flexibility index (Phi) is 9.84. The van der Waals surface area contributed by atoms with Crippen LogP contribution in [-0.2, 0) is 34.2 Å². The molecule has 4 nitrogen and oxygen atoms in total. The molecule has 4 aromatic carbocycles. The highest BCUT2D eigenvalue weighted by atomic mass is 31.2. The van der Waals surface area contributed by atoms with Crippen LogP contribution in [0.5, 0.6) is 0 Å². The minimum absolute atomic E-state index is 0.204. The van der Waals surface area contributed by atoms with Gasteiger partial charge in [0.15, 0.2) is 0 Å². The molecule has 0 bridgehead atoms. The second-order valence-electron chi connectivity index (χ2n) is 9.89. The van der Waals surface area contributed by atoms with Gasteiger partial charge in [0, 0.05) is 13.7 Å². The van der Waals surface area contributed by atoms with Crippen LogP contribution in [0.2, 0.25) is 0 Å². The zero-order chi connectivity index (χ0) is 26.6. The minimum atomic E-state index is -1.38. The summed E-state index contributed by atoms with van der Waals surface area (Å²) < 4.78 is 0. The van der Waals surface area contributed by atoms with Crippen LogP contribution in [0.25, 0.3) is 0 Å². The fourth-order valence-corrected chi connectivity index (χ4v) is 9.62. The van der Waals surface area contributed by atoms with E-state index in [0.717, 1.165) is 0 Å². The van der Waals surface area contributed by atoms with Gasteiger partial charge in [-0.3, -0.25) is 4.79 Å². The quantitative estimate of drug-likeness (QED) is 0.281. The van der Waals surface area contributed by atoms with Crippen molar-refractivity contribution in [3.8, 4) is 0 Å². The Morgan fingerprint density at radius 2 is 0.947 bits per heavy atom. The van der Waals surface area contributed by atoms with Gasteiger partial charge in [0.1, 0.15) is 0 Å².